The van der Waals surface area contributed by atoms with E-state index in [4.69, 9.17) is 4.42 Å². The highest BCUT2D eigenvalue weighted by Crippen LogP contribution is 2.24. The SMILES string of the molecule is CSc1ccc(CN(C)Cc2csc(-c3ccco3)n2)cc1. The van der Waals surface area contributed by atoms with Gasteiger partial charge in [0.15, 0.2) is 10.8 Å². The van der Waals surface area contributed by atoms with Crippen molar-refractivity contribution in [1.82, 2.24) is 9.88 Å². The summed E-state index contributed by atoms with van der Waals surface area (Å²) in [5, 5.41) is 3.04. The van der Waals surface area contributed by atoms with Crippen LogP contribution < -0.4 is 0 Å². The Morgan fingerprint density at radius 1 is 1.18 bits per heavy atom. The van der Waals surface area contributed by atoms with Crippen molar-refractivity contribution >= 4 is 23.1 Å². The Morgan fingerprint density at radius 2 is 2.00 bits per heavy atom. The normalized spacial score (nSPS) is 11.2. The second-order valence-corrected chi connectivity index (χ2v) is 6.88. The predicted molar refractivity (Wildman–Crippen MR) is 93.2 cm³/mol. The van der Waals surface area contributed by atoms with Gasteiger partial charge in [-0.1, -0.05) is 12.1 Å². The Hall–Kier alpha value is -1.56. The molecule has 1 aromatic carbocycles. The number of nitrogens with zero attached hydrogens (tertiary/aromatic N) is 2. The first-order valence-electron chi connectivity index (χ1n) is 7.04. The van der Waals surface area contributed by atoms with E-state index >= 15 is 0 Å². The van der Waals surface area contributed by atoms with Gasteiger partial charge in [0.2, 0.25) is 0 Å². The van der Waals surface area contributed by atoms with Crippen LogP contribution in [-0.2, 0) is 13.1 Å². The largest absolute Gasteiger partial charge is 0.462 e. The van der Waals surface area contributed by atoms with Gasteiger partial charge in [0.05, 0.1) is 12.0 Å². The second-order valence-electron chi connectivity index (χ2n) is 5.14. The van der Waals surface area contributed by atoms with Crippen LogP contribution in [0.2, 0.25) is 0 Å². The summed E-state index contributed by atoms with van der Waals surface area (Å²) < 4.78 is 5.39. The summed E-state index contributed by atoms with van der Waals surface area (Å²) in [6.07, 6.45) is 3.78. The third kappa shape index (κ3) is 3.80. The fourth-order valence-electron chi connectivity index (χ4n) is 2.27. The molecule has 0 unspecified atom stereocenters. The van der Waals surface area contributed by atoms with E-state index in [1.54, 1.807) is 29.4 Å². The molecule has 0 atom stereocenters. The van der Waals surface area contributed by atoms with Gasteiger partial charge in [-0.3, -0.25) is 4.90 Å². The Labute approximate surface area is 139 Å². The van der Waals surface area contributed by atoms with Crippen molar-refractivity contribution in [1.29, 1.82) is 0 Å². The zero-order valence-corrected chi connectivity index (χ0v) is 14.3. The zero-order valence-electron chi connectivity index (χ0n) is 12.7. The van der Waals surface area contributed by atoms with Crippen molar-refractivity contribution < 1.29 is 4.42 Å². The fourth-order valence-corrected chi connectivity index (χ4v) is 3.45. The third-order valence-corrected chi connectivity index (χ3v) is 4.98. The molecule has 0 bridgehead atoms. The molecular weight excluding hydrogens is 312 g/mol. The quantitative estimate of drug-likeness (QED) is 0.610. The summed E-state index contributed by atoms with van der Waals surface area (Å²) in [6, 6.07) is 12.6. The highest BCUT2D eigenvalue weighted by Gasteiger charge is 2.09. The molecular formula is C17H18N2OS2. The smallest absolute Gasteiger partial charge is 0.162 e. The first-order chi connectivity index (χ1) is 10.7. The first-order valence-corrected chi connectivity index (χ1v) is 9.15. The van der Waals surface area contributed by atoms with Crippen molar-refractivity contribution in [2.24, 2.45) is 0 Å². The predicted octanol–water partition coefficient (Wildman–Crippen LogP) is 4.76. The van der Waals surface area contributed by atoms with E-state index in [-0.39, 0.29) is 0 Å². The van der Waals surface area contributed by atoms with Crippen LogP contribution >= 0.6 is 23.1 Å². The average molecular weight is 330 g/mol. The summed E-state index contributed by atoms with van der Waals surface area (Å²) in [6.45, 7) is 1.75. The number of aromatic nitrogens is 1. The lowest BCUT2D eigenvalue weighted by Crippen LogP contribution is -2.17. The van der Waals surface area contributed by atoms with Crippen molar-refractivity contribution in [2.45, 2.75) is 18.0 Å². The van der Waals surface area contributed by atoms with E-state index in [0.29, 0.717) is 0 Å². The Morgan fingerprint density at radius 3 is 2.68 bits per heavy atom. The lowest BCUT2D eigenvalue weighted by atomic mass is 10.2. The minimum atomic E-state index is 0.835. The van der Waals surface area contributed by atoms with E-state index in [9.17, 15) is 0 Å². The van der Waals surface area contributed by atoms with Gasteiger partial charge in [-0.05, 0) is 43.1 Å². The zero-order chi connectivity index (χ0) is 15.4. The molecule has 5 heteroatoms. The molecule has 0 aliphatic carbocycles. The van der Waals surface area contributed by atoms with Crippen molar-refractivity contribution in [3.05, 3.63) is 59.3 Å². The minimum Gasteiger partial charge on any atom is -0.462 e. The van der Waals surface area contributed by atoms with Gasteiger partial charge in [-0.25, -0.2) is 4.98 Å². The van der Waals surface area contributed by atoms with E-state index in [1.807, 2.05) is 12.1 Å². The molecule has 0 saturated heterocycles. The first kappa shape index (κ1) is 15.3. The van der Waals surface area contributed by atoms with Crippen LogP contribution in [0, 0.1) is 0 Å². The topological polar surface area (TPSA) is 29.3 Å². The number of rotatable bonds is 6. The van der Waals surface area contributed by atoms with Gasteiger partial charge < -0.3 is 4.42 Å². The molecule has 2 heterocycles. The molecule has 114 valence electrons. The van der Waals surface area contributed by atoms with Crippen LogP contribution in [0.4, 0.5) is 0 Å². The Bertz CT molecular complexity index is 705. The van der Waals surface area contributed by atoms with E-state index in [1.165, 1.54) is 10.5 Å². The highest BCUT2D eigenvalue weighted by atomic mass is 32.2. The molecule has 0 spiro atoms. The minimum absolute atomic E-state index is 0.835. The summed E-state index contributed by atoms with van der Waals surface area (Å²) >= 11 is 3.40. The number of thioether (sulfide) groups is 1. The molecule has 0 aliphatic heterocycles. The number of thiazole rings is 1. The Balaban J connectivity index is 1.60. The molecule has 22 heavy (non-hydrogen) atoms. The van der Waals surface area contributed by atoms with E-state index in [0.717, 1.165) is 29.6 Å². The molecule has 0 saturated carbocycles. The highest BCUT2D eigenvalue weighted by molar-refractivity contribution is 7.98. The lowest BCUT2D eigenvalue weighted by Gasteiger charge is -2.15. The summed E-state index contributed by atoms with van der Waals surface area (Å²) in [7, 11) is 2.12. The van der Waals surface area contributed by atoms with Crippen LogP contribution in [0.5, 0.6) is 0 Å². The van der Waals surface area contributed by atoms with Gasteiger partial charge in [0.25, 0.3) is 0 Å². The number of benzene rings is 1. The molecule has 0 fully saturated rings. The molecule has 3 nitrogen and oxygen atoms in total. The van der Waals surface area contributed by atoms with Gasteiger partial charge in [0, 0.05) is 23.4 Å². The van der Waals surface area contributed by atoms with Crippen molar-refractivity contribution in [2.75, 3.05) is 13.3 Å². The third-order valence-electron chi connectivity index (χ3n) is 3.33. The maximum absolute atomic E-state index is 5.39. The Kier molecular flexibility index (Phi) is 4.97. The molecule has 0 radical (unpaired) electrons. The summed E-state index contributed by atoms with van der Waals surface area (Å²) in [5.41, 5.74) is 2.40. The van der Waals surface area contributed by atoms with Crippen molar-refractivity contribution in [3.8, 4) is 10.8 Å². The molecule has 0 N–H and O–H groups in total. The average Bonchev–Trinajstić information content (AvgIpc) is 3.19. The number of hydrogen-bond donors (Lipinski definition) is 0. The molecule has 2 aromatic heterocycles. The summed E-state index contributed by atoms with van der Waals surface area (Å²) in [4.78, 5) is 8.21. The van der Waals surface area contributed by atoms with E-state index < -0.39 is 0 Å². The maximum Gasteiger partial charge on any atom is 0.162 e. The van der Waals surface area contributed by atoms with E-state index in [2.05, 4.69) is 52.8 Å². The van der Waals surface area contributed by atoms with Gasteiger partial charge in [-0.2, -0.15) is 0 Å². The molecule has 3 aromatic rings. The van der Waals surface area contributed by atoms with Crippen LogP contribution in [-0.4, -0.2) is 23.2 Å². The number of hydrogen-bond acceptors (Lipinski definition) is 5. The molecule has 3 rings (SSSR count). The van der Waals surface area contributed by atoms with Gasteiger partial charge >= 0.3 is 0 Å². The van der Waals surface area contributed by atoms with Gasteiger partial charge in [0.1, 0.15) is 0 Å². The molecule has 0 amide bonds. The fraction of sp³-hybridized carbons (Fsp3) is 0.235. The van der Waals surface area contributed by atoms with Crippen LogP contribution in [0.3, 0.4) is 0 Å². The molecule has 0 aliphatic rings. The van der Waals surface area contributed by atoms with Crippen LogP contribution in [0.1, 0.15) is 11.3 Å². The van der Waals surface area contributed by atoms with Crippen LogP contribution in [0.25, 0.3) is 10.8 Å². The second kappa shape index (κ2) is 7.13. The van der Waals surface area contributed by atoms with Crippen LogP contribution in [0.15, 0.2) is 57.4 Å². The van der Waals surface area contributed by atoms with Gasteiger partial charge in [-0.15, -0.1) is 23.1 Å². The number of furan rings is 1. The monoisotopic (exact) mass is 330 g/mol. The summed E-state index contributed by atoms with van der Waals surface area (Å²) in [5.74, 6) is 0.839. The maximum atomic E-state index is 5.39. The van der Waals surface area contributed by atoms with Crippen molar-refractivity contribution in [3.63, 3.8) is 0 Å². The standard InChI is InChI=1S/C17H18N2OS2/c1-19(10-13-5-7-15(21-2)8-6-13)11-14-12-22-17(18-14)16-4-3-9-20-16/h3-9,12H,10-11H2,1-2H3. The lowest BCUT2D eigenvalue weighted by molar-refractivity contribution is 0.316.